The fourth-order valence-corrected chi connectivity index (χ4v) is 3.71. The highest BCUT2D eigenvalue weighted by Crippen LogP contribution is 2.38. The molecule has 3 aliphatic rings. The second kappa shape index (κ2) is 5.25. The summed E-state index contributed by atoms with van der Waals surface area (Å²) in [5, 5.41) is 10.6. The van der Waals surface area contributed by atoms with Crippen molar-refractivity contribution in [2.24, 2.45) is 5.92 Å². The van der Waals surface area contributed by atoms with E-state index in [2.05, 4.69) is 48.0 Å². The van der Waals surface area contributed by atoms with Gasteiger partial charge in [-0.2, -0.15) is 0 Å². The Morgan fingerprint density at radius 1 is 1.32 bits per heavy atom. The van der Waals surface area contributed by atoms with Gasteiger partial charge in [0.25, 0.3) is 0 Å². The van der Waals surface area contributed by atoms with Crippen LogP contribution < -0.4 is 0 Å². The Morgan fingerprint density at radius 2 is 2.18 bits per heavy atom. The lowest BCUT2D eigenvalue weighted by Crippen LogP contribution is -2.25. The Labute approximate surface area is 130 Å². The molecule has 0 saturated heterocycles. The number of nitrogens with zero attached hydrogens (tertiary/aromatic N) is 2. The van der Waals surface area contributed by atoms with Crippen LogP contribution in [0, 0.1) is 5.92 Å². The maximum atomic E-state index is 9.36. The first-order valence-electron chi connectivity index (χ1n) is 7.94. The number of hydrogen-bond acceptors (Lipinski definition) is 2. The van der Waals surface area contributed by atoms with E-state index >= 15 is 0 Å². The summed E-state index contributed by atoms with van der Waals surface area (Å²) in [5.74, 6) is 0.431. The molecule has 0 aliphatic carbocycles. The smallest absolute Gasteiger partial charge is 0.0911 e. The quantitative estimate of drug-likeness (QED) is 0.732. The van der Waals surface area contributed by atoms with E-state index < -0.39 is 0 Å². The van der Waals surface area contributed by atoms with Crippen molar-refractivity contribution in [2.75, 3.05) is 6.61 Å². The molecule has 3 heterocycles. The van der Waals surface area contributed by atoms with Crippen LogP contribution in [0.5, 0.6) is 0 Å². The first-order chi connectivity index (χ1) is 10.8. The monoisotopic (exact) mass is 292 g/mol. The molecule has 1 N–H and O–H groups in total. The first-order valence-corrected chi connectivity index (χ1v) is 7.94. The highest BCUT2D eigenvalue weighted by molar-refractivity contribution is 5.97. The molecule has 0 saturated carbocycles. The SMILES string of the molecule is CC=C1Cn2ccc3c4ccccc4nc-3c2CC1CCO. The van der Waals surface area contributed by atoms with Crippen molar-refractivity contribution in [2.45, 2.75) is 26.3 Å². The summed E-state index contributed by atoms with van der Waals surface area (Å²) in [6, 6.07) is 10.5. The van der Waals surface area contributed by atoms with Crippen LogP contribution in [0.15, 0.2) is 48.2 Å². The standard InChI is InChI=1S/C19H20N2O/c1-2-13-12-21-9-7-16-15-5-3-4-6-17(15)20-19(16)18(21)11-14(13)8-10-22/h2-7,9,14,22H,8,10-12H2,1H3. The summed E-state index contributed by atoms with van der Waals surface area (Å²) in [7, 11) is 0. The molecule has 3 heteroatoms. The van der Waals surface area contributed by atoms with Crippen molar-refractivity contribution in [1.29, 1.82) is 0 Å². The molecule has 1 unspecified atom stereocenters. The third kappa shape index (κ3) is 1.97. The lowest BCUT2D eigenvalue weighted by molar-refractivity contribution is 0.260. The average molecular weight is 292 g/mol. The summed E-state index contributed by atoms with van der Waals surface area (Å²) in [6.45, 7) is 3.25. The van der Waals surface area contributed by atoms with Gasteiger partial charge >= 0.3 is 0 Å². The van der Waals surface area contributed by atoms with Crippen molar-refractivity contribution in [3.63, 3.8) is 0 Å². The van der Waals surface area contributed by atoms with Crippen LogP contribution >= 0.6 is 0 Å². The van der Waals surface area contributed by atoms with Crippen molar-refractivity contribution >= 4 is 10.9 Å². The van der Waals surface area contributed by atoms with E-state index in [1.807, 2.05) is 6.07 Å². The molecule has 1 atom stereocenters. The Morgan fingerprint density at radius 3 is 3.00 bits per heavy atom. The topological polar surface area (TPSA) is 38.0 Å². The second-order valence-electron chi connectivity index (χ2n) is 6.06. The molecule has 1 aromatic carbocycles. The summed E-state index contributed by atoms with van der Waals surface area (Å²) in [5.41, 5.74) is 6.16. The number of para-hydroxylation sites is 1. The molecular weight excluding hydrogens is 272 g/mol. The Balaban J connectivity index is 1.90. The molecule has 0 fully saturated rings. The van der Waals surface area contributed by atoms with E-state index in [0.717, 1.165) is 30.6 Å². The van der Waals surface area contributed by atoms with Gasteiger partial charge in [0, 0.05) is 36.0 Å². The molecule has 0 radical (unpaired) electrons. The molecule has 3 nitrogen and oxygen atoms in total. The number of benzene rings is 1. The summed E-state index contributed by atoms with van der Waals surface area (Å²) in [4.78, 5) is 4.87. The Hall–Kier alpha value is -2.13. The van der Waals surface area contributed by atoms with Crippen LogP contribution in [0.25, 0.3) is 22.2 Å². The van der Waals surface area contributed by atoms with Gasteiger partial charge in [0.1, 0.15) is 0 Å². The van der Waals surface area contributed by atoms with E-state index in [1.165, 1.54) is 22.2 Å². The summed E-state index contributed by atoms with van der Waals surface area (Å²) in [6.07, 6.45) is 6.18. The third-order valence-electron chi connectivity index (χ3n) is 4.89. The molecule has 22 heavy (non-hydrogen) atoms. The highest BCUT2D eigenvalue weighted by Gasteiger charge is 2.26. The minimum absolute atomic E-state index is 0.244. The predicted molar refractivity (Wildman–Crippen MR) is 89.0 cm³/mol. The Bertz CT molecular complexity index is 831. The van der Waals surface area contributed by atoms with Gasteiger partial charge in [-0.15, -0.1) is 0 Å². The van der Waals surface area contributed by atoms with Crippen LogP contribution in [0.3, 0.4) is 0 Å². The minimum Gasteiger partial charge on any atom is -0.396 e. The number of allylic oxidation sites excluding steroid dienone is 2. The molecule has 0 amide bonds. The van der Waals surface area contributed by atoms with E-state index in [4.69, 9.17) is 4.98 Å². The van der Waals surface area contributed by atoms with Crippen LogP contribution in [-0.2, 0) is 13.0 Å². The van der Waals surface area contributed by atoms with Gasteiger partial charge in [-0.3, -0.25) is 0 Å². The molecule has 1 aromatic rings. The molecular formula is C19H20N2O. The van der Waals surface area contributed by atoms with Gasteiger partial charge in [-0.05, 0) is 37.8 Å². The maximum Gasteiger partial charge on any atom is 0.0911 e. The van der Waals surface area contributed by atoms with Crippen LogP contribution in [-0.4, -0.2) is 21.3 Å². The van der Waals surface area contributed by atoms with Crippen molar-refractivity contribution in [3.8, 4) is 11.3 Å². The fourth-order valence-electron chi connectivity index (χ4n) is 3.71. The number of fused-ring (bicyclic) bond motifs is 5. The number of pyridine rings is 1. The molecule has 0 aromatic heterocycles. The van der Waals surface area contributed by atoms with Gasteiger partial charge in [0.15, 0.2) is 0 Å². The van der Waals surface area contributed by atoms with Crippen molar-refractivity contribution in [1.82, 2.24) is 9.55 Å². The largest absolute Gasteiger partial charge is 0.396 e. The van der Waals surface area contributed by atoms with E-state index in [9.17, 15) is 5.11 Å². The first kappa shape index (κ1) is 13.5. The summed E-state index contributed by atoms with van der Waals surface area (Å²) < 4.78 is 2.32. The zero-order valence-corrected chi connectivity index (χ0v) is 12.8. The van der Waals surface area contributed by atoms with Gasteiger partial charge < -0.3 is 9.67 Å². The molecule has 112 valence electrons. The van der Waals surface area contributed by atoms with Crippen molar-refractivity contribution in [3.05, 3.63) is 53.9 Å². The molecule has 0 spiro atoms. The predicted octanol–water partition coefficient (Wildman–Crippen LogP) is 3.64. The van der Waals surface area contributed by atoms with Gasteiger partial charge in [0.2, 0.25) is 0 Å². The number of aromatic nitrogens is 2. The normalized spacial score (nSPS) is 19.9. The number of hydrogen-bond donors (Lipinski definition) is 1. The van der Waals surface area contributed by atoms with Crippen LogP contribution in [0.2, 0.25) is 0 Å². The van der Waals surface area contributed by atoms with Crippen LogP contribution in [0.4, 0.5) is 0 Å². The molecule has 3 aliphatic heterocycles. The van der Waals surface area contributed by atoms with Gasteiger partial charge in [-0.1, -0.05) is 29.8 Å². The summed E-state index contributed by atoms with van der Waals surface area (Å²) >= 11 is 0. The van der Waals surface area contributed by atoms with Gasteiger partial charge in [-0.25, -0.2) is 4.98 Å². The average Bonchev–Trinajstić information content (AvgIpc) is 2.93. The fraction of sp³-hybridized carbons (Fsp3) is 0.316. The zero-order valence-electron chi connectivity index (χ0n) is 12.8. The molecule has 4 rings (SSSR count). The Kier molecular flexibility index (Phi) is 3.23. The van der Waals surface area contributed by atoms with Crippen LogP contribution in [0.1, 0.15) is 19.0 Å². The number of aliphatic hydroxyl groups is 1. The lowest BCUT2D eigenvalue weighted by Gasteiger charge is -2.30. The van der Waals surface area contributed by atoms with Gasteiger partial charge in [0.05, 0.1) is 11.2 Å². The highest BCUT2D eigenvalue weighted by atomic mass is 16.3. The molecule has 0 bridgehead atoms. The minimum atomic E-state index is 0.244. The van der Waals surface area contributed by atoms with E-state index in [-0.39, 0.29) is 6.61 Å². The van der Waals surface area contributed by atoms with Crippen molar-refractivity contribution < 1.29 is 5.11 Å². The zero-order chi connectivity index (χ0) is 15.1. The van der Waals surface area contributed by atoms with E-state index in [1.54, 1.807) is 0 Å². The third-order valence-corrected chi connectivity index (χ3v) is 4.89. The number of aliphatic hydroxyl groups excluding tert-OH is 1. The lowest BCUT2D eigenvalue weighted by atomic mass is 9.86. The second-order valence-corrected chi connectivity index (χ2v) is 6.06. The maximum absolute atomic E-state index is 9.36. The number of rotatable bonds is 2. The van der Waals surface area contributed by atoms with E-state index in [0.29, 0.717) is 5.92 Å².